The molecule has 0 aliphatic rings. The molecule has 7 nitrogen and oxygen atoms in total. The minimum absolute atomic E-state index is 0.0130. The number of furan rings is 1. The summed E-state index contributed by atoms with van der Waals surface area (Å²) >= 11 is 7.04. The van der Waals surface area contributed by atoms with Crippen molar-refractivity contribution in [3.05, 3.63) is 53.2 Å². The zero-order valence-electron chi connectivity index (χ0n) is 14.4. The Labute approximate surface area is 164 Å². The van der Waals surface area contributed by atoms with E-state index >= 15 is 0 Å². The molecule has 1 aromatic carbocycles. The molecule has 140 valence electrons. The topological polar surface area (TPSA) is 87.2 Å². The van der Waals surface area contributed by atoms with Gasteiger partial charge in [-0.05, 0) is 31.2 Å². The van der Waals surface area contributed by atoms with Gasteiger partial charge in [-0.15, -0.1) is 10.2 Å². The summed E-state index contributed by atoms with van der Waals surface area (Å²) in [7, 11) is 0. The highest BCUT2D eigenvalue weighted by Gasteiger charge is 2.17. The van der Waals surface area contributed by atoms with Crippen LogP contribution in [0.25, 0.3) is 11.6 Å². The number of carbonyl (C=O) groups excluding carboxylic acids is 2. The van der Waals surface area contributed by atoms with Gasteiger partial charge in [0.05, 0.1) is 12.0 Å². The number of benzene rings is 1. The lowest BCUT2D eigenvalue weighted by Crippen LogP contribution is -2.15. The van der Waals surface area contributed by atoms with Crippen LogP contribution < -0.4 is 0 Å². The van der Waals surface area contributed by atoms with Gasteiger partial charge < -0.3 is 9.15 Å². The van der Waals surface area contributed by atoms with Crippen molar-refractivity contribution < 1.29 is 18.7 Å². The largest absolute Gasteiger partial charge is 0.461 e. The predicted molar refractivity (Wildman–Crippen MR) is 101 cm³/mol. The van der Waals surface area contributed by atoms with Crippen LogP contribution >= 0.6 is 23.4 Å². The van der Waals surface area contributed by atoms with Crippen LogP contribution in [-0.4, -0.2) is 38.9 Å². The van der Waals surface area contributed by atoms with Crippen molar-refractivity contribution in [1.29, 1.82) is 0 Å². The van der Waals surface area contributed by atoms with Crippen molar-refractivity contribution in [2.45, 2.75) is 18.6 Å². The molecule has 3 aromatic rings. The van der Waals surface area contributed by atoms with Crippen LogP contribution in [0.15, 0.2) is 52.2 Å². The normalized spacial score (nSPS) is 10.7. The van der Waals surface area contributed by atoms with E-state index in [9.17, 15) is 9.59 Å². The summed E-state index contributed by atoms with van der Waals surface area (Å²) in [5, 5.41) is 9.23. The fourth-order valence-electron chi connectivity index (χ4n) is 2.33. The summed E-state index contributed by atoms with van der Waals surface area (Å²) in [5.41, 5.74) is 0.400. The second kappa shape index (κ2) is 8.88. The van der Waals surface area contributed by atoms with Gasteiger partial charge in [0, 0.05) is 17.1 Å². The molecule has 0 bridgehead atoms. The SMILES string of the molecule is CCn1c(SCC(=O)OCC(=O)c2cccc(Cl)c2)nnc1-c1ccco1. The number of halogens is 1. The maximum atomic E-state index is 12.0. The number of aromatic nitrogens is 3. The predicted octanol–water partition coefficient (Wildman–Crippen LogP) is 3.73. The second-order valence-electron chi connectivity index (χ2n) is 5.41. The number of nitrogens with zero attached hydrogens (tertiary/aromatic N) is 3. The van der Waals surface area contributed by atoms with E-state index in [4.69, 9.17) is 20.8 Å². The number of Topliss-reactive ketones (excluding diaryl/α,β-unsaturated/α-hetero) is 1. The number of hydrogen-bond acceptors (Lipinski definition) is 7. The highest BCUT2D eigenvalue weighted by atomic mass is 35.5. The molecule has 0 amide bonds. The Bertz CT molecular complexity index is 940. The Hall–Kier alpha value is -2.58. The fourth-order valence-corrected chi connectivity index (χ4v) is 3.32. The minimum Gasteiger partial charge on any atom is -0.461 e. The van der Waals surface area contributed by atoms with E-state index < -0.39 is 5.97 Å². The number of carbonyl (C=O) groups is 2. The fraction of sp³-hybridized carbons (Fsp3) is 0.222. The van der Waals surface area contributed by atoms with E-state index in [-0.39, 0.29) is 18.1 Å². The van der Waals surface area contributed by atoms with Crippen LogP contribution in [0.2, 0.25) is 5.02 Å². The van der Waals surface area contributed by atoms with Gasteiger partial charge in [0.2, 0.25) is 0 Å². The lowest BCUT2D eigenvalue weighted by molar-refractivity contribution is -0.139. The molecular formula is C18H16ClN3O4S. The van der Waals surface area contributed by atoms with Crippen LogP contribution in [-0.2, 0) is 16.1 Å². The molecule has 0 radical (unpaired) electrons. The van der Waals surface area contributed by atoms with Gasteiger partial charge in [-0.2, -0.15) is 0 Å². The van der Waals surface area contributed by atoms with Crippen molar-refractivity contribution in [3.8, 4) is 11.6 Å². The number of rotatable bonds is 8. The summed E-state index contributed by atoms with van der Waals surface area (Å²) in [5.74, 6) is 0.382. The monoisotopic (exact) mass is 405 g/mol. The Morgan fingerprint density at radius 1 is 1.26 bits per heavy atom. The van der Waals surface area contributed by atoms with E-state index in [2.05, 4.69) is 10.2 Å². The molecule has 3 rings (SSSR count). The maximum Gasteiger partial charge on any atom is 0.316 e. The molecule has 0 aliphatic carbocycles. The minimum atomic E-state index is -0.513. The maximum absolute atomic E-state index is 12.0. The Morgan fingerprint density at radius 3 is 2.81 bits per heavy atom. The Balaban J connectivity index is 1.54. The number of ether oxygens (including phenoxy) is 1. The molecule has 0 unspecified atom stereocenters. The molecule has 9 heteroatoms. The second-order valence-corrected chi connectivity index (χ2v) is 6.79. The first-order valence-corrected chi connectivity index (χ1v) is 9.49. The van der Waals surface area contributed by atoms with Gasteiger partial charge in [-0.3, -0.25) is 14.2 Å². The standard InChI is InChI=1S/C18H16ClN3O4S/c1-2-22-17(15-7-4-8-25-15)20-21-18(22)27-11-16(24)26-10-14(23)12-5-3-6-13(19)9-12/h3-9H,2,10-11H2,1H3. The first-order chi connectivity index (χ1) is 13.1. The Morgan fingerprint density at radius 2 is 2.11 bits per heavy atom. The number of hydrogen-bond donors (Lipinski definition) is 0. The van der Waals surface area contributed by atoms with Crippen LogP contribution in [0.4, 0.5) is 0 Å². The van der Waals surface area contributed by atoms with Crippen molar-refractivity contribution in [3.63, 3.8) is 0 Å². The molecule has 0 saturated heterocycles. The van der Waals surface area contributed by atoms with E-state index in [1.165, 1.54) is 17.8 Å². The molecule has 2 aromatic heterocycles. The van der Waals surface area contributed by atoms with Gasteiger partial charge in [-0.1, -0.05) is 35.5 Å². The molecule has 0 fully saturated rings. The third kappa shape index (κ3) is 4.78. The Kier molecular flexibility index (Phi) is 6.31. The highest BCUT2D eigenvalue weighted by Crippen LogP contribution is 2.24. The van der Waals surface area contributed by atoms with E-state index in [0.29, 0.717) is 33.9 Å². The lowest BCUT2D eigenvalue weighted by Gasteiger charge is -2.06. The summed E-state index contributed by atoms with van der Waals surface area (Å²) in [6.45, 7) is 2.23. The molecule has 27 heavy (non-hydrogen) atoms. The van der Waals surface area contributed by atoms with Gasteiger partial charge in [-0.25, -0.2) is 0 Å². The van der Waals surface area contributed by atoms with Crippen LogP contribution in [0.5, 0.6) is 0 Å². The van der Waals surface area contributed by atoms with Gasteiger partial charge in [0.25, 0.3) is 0 Å². The zero-order valence-corrected chi connectivity index (χ0v) is 16.0. The highest BCUT2D eigenvalue weighted by molar-refractivity contribution is 7.99. The average molecular weight is 406 g/mol. The van der Waals surface area contributed by atoms with Crippen LogP contribution in [0.3, 0.4) is 0 Å². The van der Waals surface area contributed by atoms with E-state index in [1.807, 2.05) is 11.5 Å². The molecule has 0 saturated carbocycles. The molecule has 0 aliphatic heterocycles. The number of thioether (sulfide) groups is 1. The quantitative estimate of drug-likeness (QED) is 0.320. The third-order valence-electron chi connectivity index (χ3n) is 3.60. The van der Waals surface area contributed by atoms with Crippen LogP contribution in [0, 0.1) is 0 Å². The van der Waals surface area contributed by atoms with Crippen molar-refractivity contribution in [1.82, 2.24) is 14.8 Å². The van der Waals surface area contributed by atoms with Crippen molar-refractivity contribution in [2.24, 2.45) is 0 Å². The molecule has 0 N–H and O–H groups in total. The van der Waals surface area contributed by atoms with Gasteiger partial charge in [0.1, 0.15) is 0 Å². The van der Waals surface area contributed by atoms with Gasteiger partial charge >= 0.3 is 5.97 Å². The summed E-state index contributed by atoms with van der Waals surface area (Å²) in [6, 6.07) is 10.1. The number of ketones is 1. The van der Waals surface area contributed by atoms with E-state index in [1.54, 1.807) is 36.6 Å². The summed E-state index contributed by atoms with van der Waals surface area (Å²) < 4.78 is 12.2. The van der Waals surface area contributed by atoms with Crippen LogP contribution in [0.1, 0.15) is 17.3 Å². The first-order valence-electron chi connectivity index (χ1n) is 8.12. The smallest absolute Gasteiger partial charge is 0.316 e. The average Bonchev–Trinajstić information content (AvgIpc) is 3.33. The molecule has 2 heterocycles. The molecular weight excluding hydrogens is 390 g/mol. The number of esters is 1. The van der Waals surface area contributed by atoms with Crippen molar-refractivity contribution in [2.75, 3.05) is 12.4 Å². The van der Waals surface area contributed by atoms with E-state index in [0.717, 1.165) is 0 Å². The van der Waals surface area contributed by atoms with Gasteiger partial charge in [0.15, 0.2) is 29.1 Å². The summed E-state index contributed by atoms with van der Waals surface area (Å²) in [4.78, 5) is 24.0. The zero-order chi connectivity index (χ0) is 19.2. The molecule has 0 atom stereocenters. The molecule has 0 spiro atoms. The first kappa shape index (κ1) is 19.2. The van der Waals surface area contributed by atoms with Crippen molar-refractivity contribution >= 4 is 35.1 Å². The summed E-state index contributed by atoms with van der Waals surface area (Å²) in [6.07, 6.45) is 1.56. The third-order valence-corrected chi connectivity index (χ3v) is 4.78. The lowest BCUT2D eigenvalue weighted by atomic mass is 10.1.